The van der Waals surface area contributed by atoms with Crippen LogP contribution in [0.25, 0.3) is 0 Å². The molecule has 0 aliphatic carbocycles. The van der Waals surface area contributed by atoms with Gasteiger partial charge in [-0.3, -0.25) is 43.2 Å². The minimum Gasteiger partial charge on any atom is -0.464 e. The molecule has 0 radical (unpaired) electrons. The van der Waals surface area contributed by atoms with Gasteiger partial charge in [0.2, 0.25) is 29.5 Å². The number of allylic oxidation sites excluding steroid dienone is 16. The number of nitrogens with zero attached hydrogens (tertiary/aromatic N) is 2. The maximum atomic E-state index is 14.0. The van der Waals surface area contributed by atoms with Crippen LogP contribution in [0.4, 0.5) is 0 Å². The van der Waals surface area contributed by atoms with E-state index in [2.05, 4.69) is 141 Å². The van der Waals surface area contributed by atoms with E-state index in [1.165, 1.54) is 86.8 Å². The van der Waals surface area contributed by atoms with Gasteiger partial charge in [-0.1, -0.05) is 253 Å². The van der Waals surface area contributed by atoms with E-state index in [1.54, 1.807) is 7.11 Å². The first-order valence-electron chi connectivity index (χ1n) is 49.2. The molecule has 123 heavy (non-hydrogen) atoms. The fraction of sp³-hybridized carbons (Fsp3) is 0.755. The van der Waals surface area contributed by atoms with Crippen molar-refractivity contribution in [1.29, 1.82) is 0 Å². The maximum Gasteiger partial charge on any atom is 0.305 e. The largest absolute Gasteiger partial charge is 0.464 e. The van der Waals surface area contributed by atoms with E-state index in [-0.39, 0.29) is 159 Å². The molecule has 5 amide bonds. The molecular formula is C102H177N5O16. The molecule has 0 spiro atoms. The quantitative estimate of drug-likeness (QED) is 0.0221. The number of hydrogen-bond acceptors (Lipinski definition) is 16. The lowest BCUT2D eigenvalue weighted by atomic mass is 10.1. The third-order valence-corrected chi connectivity index (χ3v) is 21.1. The summed E-state index contributed by atoms with van der Waals surface area (Å²) in [5, 5.41) is 8.63. The molecule has 0 rings (SSSR count). The Hall–Kier alpha value is -6.97. The highest BCUT2D eigenvalue weighted by Crippen LogP contribution is 2.16. The minimum absolute atomic E-state index is 0.0320. The Morgan fingerprint density at radius 1 is 0.268 bits per heavy atom. The zero-order valence-electron chi connectivity index (χ0n) is 78.4. The zero-order valence-corrected chi connectivity index (χ0v) is 78.4. The van der Waals surface area contributed by atoms with Crippen molar-refractivity contribution < 1.29 is 76.3 Å². The first-order valence-corrected chi connectivity index (χ1v) is 49.2. The van der Waals surface area contributed by atoms with Crippen molar-refractivity contribution in [1.82, 2.24) is 25.8 Å². The van der Waals surface area contributed by atoms with E-state index < -0.39 is 23.8 Å². The molecule has 21 heteroatoms. The SMILES string of the molecule is CCCCC/C=C\C/C=C\CCCCCCCC(=O)OCCN(CCOC(=O)CCCCCCC/C=C\C/C=C\CCCCC)C(=O)CCC(=O)NCCCC[C@H](NC(=O)CCC(=O)N(CCOC(=O)CCCCCCC/C=C\C/C=C\CCCCC)CCOC(=O)CCCCCCC/C=C\C/C=C\CCCCC)C(=O)NCCCOCCOCCOC. The number of esters is 4. The molecule has 1 atom stereocenters. The van der Waals surface area contributed by atoms with Gasteiger partial charge >= 0.3 is 23.9 Å². The number of hydrogen-bond donors (Lipinski definition) is 3. The summed E-state index contributed by atoms with van der Waals surface area (Å²) >= 11 is 0. The van der Waals surface area contributed by atoms with E-state index in [0.717, 1.165) is 180 Å². The molecule has 21 nitrogen and oxygen atoms in total. The Labute approximate surface area is 747 Å². The van der Waals surface area contributed by atoms with Crippen molar-refractivity contribution in [2.24, 2.45) is 0 Å². The summed E-state index contributed by atoms with van der Waals surface area (Å²) in [6.07, 6.45) is 84.9. The standard InChI is InChI=1S/C102H177N5O16/c1-6-10-14-18-22-26-30-34-38-42-46-50-54-58-62-70-98(112)120-85-80-106(81-86-121-99(113)71-63-59-55-51-47-43-39-35-31-27-23-19-15-11-7-2)96(110)76-74-94(108)103-78-67-66-69-93(102(116)104-79-68-84-118-91-92-119-90-89-117-5)105-95(109)75-77-97(111)107(82-87-122-100(114)72-64-60-56-52-48-44-40-36-32-28-24-20-16-12-8-3)83-88-123-101(115)73-65-61-57-53-49-45-41-37-33-29-25-21-17-13-9-4/h22-29,34-41,93H,6-21,30-33,42-92H2,1-5H3,(H,103,108)(H,104,116)(H,105,109)/b26-22-,27-23-,28-24-,29-25-,38-34-,39-35-,40-36-,41-37-/t93-/m0/s1. The number of carbonyl (C=O) groups excluding carboxylic acids is 9. The highest BCUT2D eigenvalue weighted by atomic mass is 16.6. The van der Waals surface area contributed by atoms with E-state index >= 15 is 0 Å². The second kappa shape index (κ2) is 94.2. The Morgan fingerprint density at radius 3 is 0.878 bits per heavy atom. The lowest BCUT2D eigenvalue weighted by Crippen LogP contribution is -2.47. The zero-order chi connectivity index (χ0) is 89.5. The van der Waals surface area contributed by atoms with Crippen molar-refractivity contribution in [3.63, 3.8) is 0 Å². The lowest BCUT2D eigenvalue weighted by molar-refractivity contribution is -0.148. The molecule has 0 aromatic carbocycles. The number of nitrogens with one attached hydrogen (secondary N) is 3. The van der Waals surface area contributed by atoms with Crippen molar-refractivity contribution >= 4 is 53.4 Å². The summed E-state index contributed by atoms with van der Waals surface area (Å²) < 4.78 is 38.6. The lowest BCUT2D eigenvalue weighted by Gasteiger charge is -2.23. The molecule has 0 unspecified atom stereocenters. The summed E-state index contributed by atoms with van der Waals surface area (Å²) in [4.78, 5) is 123. The van der Waals surface area contributed by atoms with E-state index in [4.69, 9.17) is 33.2 Å². The first-order chi connectivity index (χ1) is 60.3. The molecular weight excluding hydrogens is 1550 g/mol. The normalized spacial score (nSPS) is 12.1. The number of amides is 5. The molecule has 706 valence electrons. The maximum absolute atomic E-state index is 14.0. The fourth-order valence-corrected chi connectivity index (χ4v) is 13.5. The third-order valence-electron chi connectivity index (χ3n) is 21.1. The fourth-order valence-electron chi connectivity index (χ4n) is 13.5. The summed E-state index contributed by atoms with van der Waals surface area (Å²) in [5.74, 6) is -3.47. The number of ether oxygens (including phenoxy) is 7. The topological polar surface area (TPSA) is 261 Å². The van der Waals surface area contributed by atoms with E-state index in [1.807, 2.05) is 0 Å². The predicted molar refractivity (Wildman–Crippen MR) is 503 cm³/mol. The van der Waals surface area contributed by atoms with Crippen LogP contribution in [0.1, 0.15) is 387 Å². The van der Waals surface area contributed by atoms with Crippen LogP contribution in [0, 0.1) is 0 Å². The van der Waals surface area contributed by atoms with Crippen LogP contribution in [0.2, 0.25) is 0 Å². The Morgan fingerprint density at radius 2 is 0.553 bits per heavy atom. The van der Waals surface area contributed by atoms with Crippen LogP contribution in [0.3, 0.4) is 0 Å². The second-order valence-electron chi connectivity index (χ2n) is 32.4. The monoisotopic (exact) mass is 1730 g/mol. The molecule has 0 bridgehead atoms. The molecule has 3 N–H and O–H groups in total. The number of carbonyl (C=O) groups is 9. The second-order valence-corrected chi connectivity index (χ2v) is 32.4. The van der Waals surface area contributed by atoms with E-state index in [9.17, 15) is 43.2 Å². The molecule has 0 saturated heterocycles. The van der Waals surface area contributed by atoms with Crippen LogP contribution in [-0.4, -0.2) is 175 Å². The van der Waals surface area contributed by atoms with Crippen LogP contribution >= 0.6 is 0 Å². The van der Waals surface area contributed by atoms with Gasteiger partial charge in [0, 0.05) is 78.2 Å². The van der Waals surface area contributed by atoms with Gasteiger partial charge in [-0.2, -0.15) is 0 Å². The van der Waals surface area contributed by atoms with Gasteiger partial charge in [-0.15, -0.1) is 0 Å². The van der Waals surface area contributed by atoms with Gasteiger partial charge in [-0.05, 0) is 180 Å². The summed E-state index contributed by atoms with van der Waals surface area (Å²) in [6.45, 7) is 11.4. The van der Waals surface area contributed by atoms with Gasteiger partial charge in [0.1, 0.15) is 32.5 Å². The smallest absolute Gasteiger partial charge is 0.305 e. The highest BCUT2D eigenvalue weighted by molar-refractivity contribution is 5.89. The Kier molecular flexibility index (Phi) is 88.8. The van der Waals surface area contributed by atoms with Crippen molar-refractivity contribution in [2.45, 2.75) is 393 Å². The number of methoxy groups -OCH3 is 1. The van der Waals surface area contributed by atoms with Crippen molar-refractivity contribution in [3.05, 3.63) is 97.2 Å². The molecule has 0 heterocycles. The number of rotatable bonds is 91. The third kappa shape index (κ3) is 85.6. The van der Waals surface area contributed by atoms with Gasteiger partial charge < -0.3 is 58.9 Å². The van der Waals surface area contributed by atoms with Crippen LogP contribution in [0.5, 0.6) is 0 Å². The molecule has 0 fully saturated rings. The van der Waals surface area contributed by atoms with Gasteiger partial charge in [0.05, 0.1) is 52.6 Å². The predicted octanol–water partition coefficient (Wildman–Crippen LogP) is 22.6. The van der Waals surface area contributed by atoms with Gasteiger partial charge in [0.25, 0.3) is 0 Å². The van der Waals surface area contributed by atoms with Crippen LogP contribution in [-0.2, 0) is 76.3 Å². The highest BCUT2D eigenvalue weighted by Gasteiger charge is 2.24. The Balaban J connectivity index is 5.84. The van der Waals surface area contributed by atoms with Crippen molar-refractivity contribution in [3.8, 4) is 0 Å². The summed E-state index contributed by atoms with van der Waals surface area (Å²) in [7, 11) is 1.60. The summed E-state index contributed by atoms with van der Waals surface area (Å²) in [5.41, 5.74) is 0. The van der Waals surface area contributed by atoms with E-state index in [0.29, 0.717) is 78.0 Å². The van der Waals surface area contributed by atoms with Crippen LogP contribution in [0.15, 0.2) is 97.2 Å². The first kappa shape index (κ1) is 116. The van der Waals surface area contributed by atoms with Gasteiger partial charge in [0.15, 0.2) is 0 Å². The minimum atomic E-state index is -0.981. The van der Waals surface area contributed by atoms with Crippen molar-refractivity contribution in [2.75, 3.05) is 106 Å². The molecule has 0 aromatic rings. The Bertz CT molecular complexity index is 2670. The van der Waals surface area contributed by atoms with Gasteiger partial charge in [-0.25, -0.2) is 0 Å². The number of unbranched alkanes of at least 4 members (excludes halogenated alkanes) is 33. The molecule has 0 aromatic heterocycles. The average Bonchev–Trinajstić information content (AvgIpc) is 0.912. The summed E-state index contributed by atoms with van der Waals surface area (Å²) in [6, 6.07) is -0.981. The molecule has 0 aliphatic rings. The van der Waals surface area contributed by atoms with Crippen LogP contribution < -0.4 is 16.0 Å². The molecule has 0 aliphatic heterocycles. The average molecular weight is 1730 g/mol. The molecule has 0 saturated carbocycles.